The fraction of sp³-hybridized carbons (Fsp3) is 0.118. The van der Waals surface area contributed by atoms with Crippen LogP contribution in [0.1, 0.15) is 18.0 Å². The van der Waals surface area contributed by atoms with Crippen LogP contribution < -0.4 is 5.32 Å². The molecule has 4 heteroatoms. The van der Waals surface area contributed by atoms with E-state index in [0.717, 1.165) is 32.6 Å². The first-order chi connectivity index (χ1) is 10.3. The van der Waals surface area contributed by atoms with E-state index in [1.807, 2.05) is 35.8 Å². The van der Waals surface area contributed by atoms with Crippen LogP contribution in [-0.4, -0.2) is 4.98 Å². The molecule has 0 aliphatic carbocycles. The number of nitrogens with one attached hydrogen (secondary N) is 1. The lowest BCUT2D eigenvalue weighted by atomic mass is 10.1. The van der Waals surface area contributed by atoms with Gasteiger partial charge in [-0.3, -0.25) is 0 Å². The number of para-hydroxylation sites is 1. The fourth-order valence-electron chi connectivity index (χ4n) is 2.58. The van der Waals surface area contributed by atoms with E-state index in [1.54, 1.807) is 11.3 Å². The smallest absolute Gasteiger partial charge is 0.135 e. The molecule has 0 saturated heterocycles. The summed E-state index contributed by atoms with van der Waals surface area (Å²) in [5.74, 6) is 0. The SMILES string of the molecule is CC(Nc1ccc2oc3ccccc3c2c1)c1nccs1. The highest BCUT2D eigenvalue weighted by molar-refractivity contribution is 7.09. The molecule has 0 amide bonds. The van der Waals surface area contributed by atoms with Gasteiger partial charge in [0, 0.05) is 28.0 Å². The molecule has 4 aromatic rings. The number of benzene rings is 2. The van der Waals surface area contributed by atoms with Gasteiger partial charge in [0.1, 0.15) is 16.2 Å². The van der Waals surface area contributed by atoms with Crippen molar-refractivity contribution in [2.24, 2.45) is 0 Å². The van der Waals surface area contributed by atoms with Crippen molar-refractivity contribution in [1.29, 1.82) is 0 Å². The molecule has 2 aromatic carbocycles. The molecular formula is C17H14N2OS. The molecule has 0 aliphatic rings. The van der Waals surface area contributed by atoms with Crippen LogP contribution in [0.3, 0.4) is 0 Å². The minimum Gasteiger partial charge on any atom is -0.456 e. The number of aromatic nitrogens is 1. The van der Waals surface area contributed by atoms with Gasteiger partial charge < -0.3 is 9.73 Å². The Hall–Kier alpha value is -2.33. The summed E-state index contributed by atoms with van der Waals surface area (Å²) in [7, 11) is 0. The number of rotatable bonds is 3. The molecule has 104 valence electrons. The van der Waals surface area contributed by atoms with Crippen LogP contribution >= 0.6 is 11.3 Å². The lowest BCUT2D eigenvalue weighted by Crippen LogP contribution is -2.05. The predicted octanol–water partition coefficient (Wildman–Crippen LogP) is 5.22. The number of hydrogen-bond donors (Lipinski definition) is 1. The zero-order chi connectivity index (χ0) is 14.2. The van der Waals surface area contributed by atoms with E-state index in [4.69, 9.17) is 4.42 Å². The maximum atomic E-state index is 5.85. The summed E-state index contributed by atoms with van der Waals surface area (Å²) < 4.78 is 5.85. The Kier molecular flexibility index (Phi) is 2.89. The van der Waals surface area contributed by atoms with Crippen molar-refractivity contribution in [3.8, 4) is 0 Å². The number of nitrogens with zero attached hydrogens (tertiary/aromatic N) is 1. The second-order valence-corrected chi connectivity index (χ2v) is 5.97. The quantitative estimate of drug-likeness (QED) is 0.563. The van der Waals surface area contributed by atoms with Crippen LogP contribution in [0.4, 0.5) is 5.69 Å². The zero-order valence-corrected chi connectivity index (χ0v) is 12.4. The molecule has 1 unspecified atom stereocenters. The van der Waals surface area contributed by atoms with Crippen LogP contribution in [0.5, 0.6) is 0 Å². The van der Waals surface area contributed by atoms with Crippen LogP contribution in [0.15, 0.2) is 58.5 Å². The minimum atomic E-state index is 0.195. The molecule has 1 N–H and O–H groups in total. The van der Waals surface area contributed by atoms with Gasteiger partial charge in [-0.1, -0.05) is 18.2 Å². The monoisotopic (exact) mass is 294 g/mol. The molecule has 4 rings (SSSR count). The van der Waals surface area contributed by atoms with E-state index in [2.05, 4.69) is 35.4 Å². The topological polar surface area (TPSA) is 38.1 Å². The van der Waals surface area contributed by atoms with Crippen LogP contribution in [0, 0.1) is 0 Å². The summed E-state index contributed by atoms with van der Waals surface area (Å²) >= 11 is 1.67. The third kappa shape index (κ3) is 2.17. The summed E-state index contributed by atoms with van der Waals surface area (Å²) in [6.07, 6.45) is 1.84. The Morgan fingerprint density at radius 3 is 2.81 bits per heavy atom. The second-order valence-electron chi connectivity index (χ2n) is 5.05. The van der Waals surface area contributed by atoms with E-state index < -0.39 is 0 Å². The van der Waals surface area contributed by atoms with Crippen molar-refractivity contribution in [3.63, 3.8) is 0 Å². The molecule has 0 aliphatic heterocycles. The first kappa shape index (κ1) is 12.4. The van der Waals surface area contributed by atoms with E-state index >= 15 is 0 Å². The molecule has 0 bridgehead atoms. The molecule has 0 fully saturated rings. The van der Waals surface area contributed by atoms with Gasteiger partial charge >= 0.3 is 0 Å². The maximum absolute atomic E-state index is 5.85. The zero-order valence-electron chi connectivity index (χ0n) is 11.5. The standard InChI is InChI=1S/C17H14N2OS/c1-11(17-18-8-9-21-17)19-12-6-7-16-14(10-12)13-4-2-3-5-15(13)20-16/h2-11,19H,1H3. The highest BCUT2D eigenvalue weighted by atomic mass is 32.1. The number of anilines is 1. The Labute approximate surface area is 126 Å². The third-order valence-corrected chi connectivity index (χ3v) is 4.54. The van der Waals surface area contributed by atoms with Gasteiger partial charge in [0.05, 0.1) is 6.04 Å². The van der Waals surface area contributed by atoms with Crippen molar-refractivity contribution >= 4 is 39.0 Å². The minimum absolute atomic E-state index is 0.195. The summed E-state index contributed by atoms with van der Waals surface area (Å²) in [5.41, 5.74) is 2.93. The van der Waals surface area contributed by atoms with Gasteiger partial charge in [-0.25, -0.2) is 4.98 Å². The van der Waals surface area contributed by atoms with Crippen LogP contribution in [-0.2, 0) is 0 Å². The number of furan rings is 1. The second kappa shape index (κ2) is 4.90. The maximum Gasteiger partial charge on any atom is 0.135 e. The van der Waals surface area contributed by atoms with Crippen molar-refractivity contribution < 1.29 is 4.42 Å². The predicted molar refractivity (Wildman–Crippen MR) is 87.9 cm³/mol. The molecule has 0 spiro atoms. The number of thiazole rings is 1. The third-order valence-electron chi connectivity index (χ3n) is 3.58. The van der Waals surface area contributed by atoms with Gasteiger partial charge in [-0.05, 0) is 31.2 Å². The van der Waals surface area contributed by atoms with Crippen molar-refractivity contribution in [2.75, 3.05) is 5.32 Å². The van der Waals surface area contributed by atoms with Crippen LogP contribution in [0.25, 0.3) is 21.9 Å². The molecule has 0 radical (unpaired) electrons. The molecule has 0 saturated carbocycles. The molecule has 2 heterocycles. The summed E-state index contributed by atoms with van der Waals surface area (Å²) in [4.78, 5) is 4.35. The van der Waals surface area contributed by atoms with Gasteiger partial charge in [-0.15, -0.1) is 11.3 Å². The van der Waals surface area contributed by atoms with Crippen molar-refractivity contribution in [3.05, 3.63) is 59.0 Å². The van der Waals surface area contributed by atoms with Crippen LogP contribution in [0.2, 0.25) is 0 Å². The summed E-state index contributed by atoms with van der Waals surface area (Å²) in [6.45, 7) is 2.12. The lowest BCUT2D eigenvalue weighted by Gasteiger charge is -2.12. The first-order valence-electron chi connectivity index (χ1n) is 6.88. The van der Waals surface area contributed by atoms with E-state index in [9.17, 15) is 0 Å². The average Bonchev–Trinajstić information content (AvgIpc) is 3.14. The van der Waals surface area contributed by atoms with Crippen molar-refractivity contribution in [1.82, 2.24) is 4.98 Å². The Balaban J connectivity index is 1.74. The largest absolute Gasteiger partial charge is 0.456 e. The van der Waals surface area contributed by atoms with E-state index in [0.29, 0.717) is 0 Å². The molecule has 1 atom stereocenters. The number of fused-ring (bicyclic) bond motifs is 3. The Morgan fingerprint density at radius 1 is 1.10 bits per heavy atom. The fourth-order valence-corrected chi connectivity index (χ4v) is 3.22. The van der Waals surface area contributed by atoms with Crippen molar-refractivity contribution in [2.45, 2.75) is 13.0 Å². The highest BCUT2D eigenvalue weighted by Gasteiger charge is 2.10. The van der Waals surface area contributed by atoms with Gasteiger partial charge in [0.15, 0.2) is 0 Å². The Bertz CT molecular complexity index is 896. The molecule has 21 heavy (non-hydrogen) atoms. The number of hydrogen-bond acceptors (Lipinski definition) is 4. The lowest BCUT2D eigenvalue weighted by molar-refractivity contribution is 0.669. The Morgan fingerprint density at radius 2 is 1.95 bits per heavy atom. The van der Waals surface area contributed by atoms with Gasteiger partial charge in [-0.2, -0.15) is 0 Å². The van der Waals surface area contributed by atoms with E-state index in [1.165, 1.54) is 0 Å². The summed E-state index contributed by atoms with van der Waals surface area (Å²) in [5, 5.41) is 8.88. The van der Waals surface area contributed by atoms with E-state index in [-0.39, 0.29) is 6.04 Å². The van der Waals surface area contributed by atoms with Gasteiger partial charge in [0.2, 0.25) is 0 Å². The normalized spacial score (nSPS) is 12.8. The highest BCUT2D eigenvalue weighted by Crippen LogP contribution is 2.31. The summed E-state index contributed by atoms with van der Waals surface area (Å²) in [6, 6.07) is 14.5. The molecular weight excluding hydrogens is 280 g/mol. The average molecular weight is 294 g/mol. The van der Waals surface area contributed by atoms with Gasteiger partial charge in [0.25, 0.3) is 0 Å². The first-order valence-corrected chi connectivity index (χ1v) is 7.76. The molecule has 3 nitrogen and oxygen atoms in total. The molecule has 2 aromatic heterocycles.